The number of nitrogens with zero attached hydrogens (tertiary/aromatic N) is 1. The van der Waals surface area contributed by atoms with Crippen molar-refractivity contribution in [3.8, 4) is 22.4 Å². The molecule has 0 radical (unpaired) electrons. The number of H-pyrrole nitrogens is 1. The van der Waals surface area contributed by atoms with E-state index in [-0.39, 0.29) is 11.0 Å². The predicted octanol–water partition coefficient (Wildman–Crippen LogP) is 5.46. The van der Waals surface area contributed by atoms with Crippen molar-refractivity contribution in [3.63, 3.8) is 0 Å². The van der Waals surface area contributed by atoms with Crippen LogP contribution in [0, 0.1) is 6.92 Å². The van der Waals surface area contributed by atoms with Crippen LogP contribution in [0.1, 0.15) is 31.9 Å². The summed E-state index contributed by atoms with van der Waals surface area (Å²) in [5, 5.41) is 0.969. The summed E-state index contributed by atoms with van der Waals surface area (Å²) in [5.41, 5.74) is 6.10. The van der Waals surface area contributed by atoms with E-state index in [1.54, 1.807) is 12.5 Å². The monoisotopic (exact) mass is 358 g/mol. The molecule has 0 fully saturated rings. The molecular weight excluding hydrogens is 336 g/mol. The van der Waals surface area contributed by atoms with Gasteiger partial charge in [0.05, 0.1) is 5.69 Å². The van der Waals surface area contributed by atoms with Gasteiger partial charge in [-0.05, 0) is 53.8 Å². The summed E-state index contributed by atoms with van der Waals surface area (Å²) in [7, 11) is 0. The van der Waals surface area contributed by atoms with Gasteiger partial charge < -0.3 is 9.40 Å². The van der Waals surface area contributed by atoms with Crippen LogP contribution in [0.3, 0.4) is 0 Å². The Morgan fingerprint density at radius 1 is 1.07 bits per heavy atom. The molecule has 0 aliphatic carbocycles. The smallest absolute Gasteiger partial charge is 0.255 e. The SMILES string of the molecule is Cc1ccc(-c2coc3c(C(C)(C)C)cc(-c4ccc[nH]c4=O)cc23)nc1. The van der Waals surface area contributed by atoms with Gasteiger partial charge in [-0.1, -0.05) is 26.8 Å². The van der Waals surface area contributed by atoms with Gasteiger partial charge in [0.1, 0.15) is 11.8 Å². The number of hydrogen-bond donors (Lipinski definition) is 1. The van der Waals surface area contributed by atoms with E-state index in [2.05, 4.69) is 36.8 Å². The van der Waals surface area contributed by atoms with Crippen LogP contribution in [0.4, 0.5) is 0 Å². The summed E-state index contributed by atoms with van der Waals surface area (Å²) < 4.78 is 5.99. The molecular formula is C23H22N2O2. The van der Waals surface area contributed by atoms with Crippen LogP contribution in [0.2, 0.25) is 0 Å². The molecule has 0 unspecified atom stereocenters. The third-order valence-corrected chi connectivity index (χ3v) is 4.80. The minimum Gasteiger partial charge on any atom is -0.463 e. The van der Waals surface area contributed by atoms with E-state index in [4.69, 9.17) is 4.42 Å². The summed E-state index contributed by atoms with van der Waals surface area (Å²) in [6, 6.07) is 11.8. The highest BCUT2D eigenvalue weighted by Crippen LogP contribution is 2.39. The maximum Gasteiger partial charge on any atom is 0.255 e. The topological polar surface area (TPSA) is 58.9 Å². The molecule has 0 aliphatic heterocycles. The Labute approximate surface area is 157 Å². The minimum atomic E-state index is -0.133. The standard InChI is InChI=1S/C23H22N2O2/c1-14-7-8-20(25-12-14)18-13-27-21-17(18)10-15(11-19(21)23(2,3)4)16-6-5-9-24-22(16)26/h5-13H,1-4H3,(H,24,26). The van der Waals surface area contributed by atoms with Gasteiger partial charge in [-0.15, -0.1) is 0 Å². The molecule has 0 aliphatic rings. The highest BCUT2D eigenvalue weighted by molar-refractivity contribution is 5.98. The summed E-state index contributed by atoms with van der Waals surface area (Å²) in [6.07, 6.45) is 5.26. The fourth-order valence-corrected chi connectivity index (χ4v) is 3.32. The molecule has 0 saturated heterocycles. The maximum absolute atomic E-state index is 12.4. The van der Waals surface area contributed by atoms with E-state index in [1.165, 1.54) is 0 Å². The number of aryl methyl sites for hydroxylation is 1. The quantitative estimate of drug-likeness (QED) is 0.518. The summed E-state index contributed by atoms with van der Waals surface area (Å²) >= 11 is 0. The van der Waals surface area contributed by atoms with E-state index in [9.17, 15) is 4.79 Å². The van der Waals surface area contributed by atoms with Crippen molar-refractivity contribution >= 4 is 11.0 Å². The lowest BCUT2D eigenvalue weighted by Crippen LogP contribution is -2.13. The molecule has 4 rings (SSSR count). The number of pyridine rings is 2. The van der Waals surface area contributed by atoms with E-state index in [0.29, 0.717) is 5.56 Å². The average Bonchev–Trinajstić information content (AvgIpc) is 3.05. The molecule has 0 amide bonds. The van der Waals surface area contributed by atoms with Gasteiger partial charge in [-0.25, -0.2) is 0 Å². The van der Waals surface area contributed by atoms with Gasteiger partial charge in [0, 0.05) is 34.5 Å². The van der Waals surface area contributed by atoms with E-state index < -0.39 is 0 Å². The van der Waals surface area contributed by atoms with Crippen molar-refractivity contribution in [3.05, 3.63) is 76.5 Å². The van der Waals surface area contributed by atoms with Crippen LogP contribution in [-0.4, -0.2) is 9.97 Å². The molecule has 1 aromatic carbocycles. The lowest BCUT2D eigenvalue weighted by Gasteiger charge is -2.20. The Balaban J connectivity index is 2.04. The van der Waals surface area contributed by atoms with Crippen molar-refractivity contribution in [1.29, 1.82) is 0 Å². The number of fused-ring (bicyclic) bond motifs is 1. The molecule has 3 heterocycles. The van der Waals surface area contributed by atoms with Crippen LogP contribution in [0.25, 0.3) is 33.4 Å². The largest absolute Gasteiger partial charge is 0.463 e. The van der Waals surface area contributed by atoms with Crippen molar-refractivity contribution in [2.24, 2.45) is 0 Å². The number of nitrogens with one attached hydrogen (secondary N) is 1. The molecule has 3 aromatic heterocycles. The van der Waals surface area contributed by atoms with Crippen LogP contribution in [-0.2, 0) is 5.41 Å². The zero-order valence-electron chi connectivity index (χ0n) is 16.0. The summed E-state index contributed by atoms with van der Waals surface area (Å²) in [4.78, 5) is 19.7. The van der Waals surface area contributed by atoms with Gasteiger partial charge in [0.15, 0.2) is 0 Å². The third-order valence-electron chi connectivity index (χ3n) is 4.80. The number of aromatic nitrogens is 2. The Morgan fingerprint density at radius 2 is 1.89 bits per heavy atom. The van der Waals surface area contributed by atoms with Crippen LogP contribution >= 0.6 is 0 Å². The fraction of sp³-hybridized carbons (Fsp3) is 0.217. The van der Waals surface area contributed by atoms with Crippen LogP contribution in [0.5, 0.6) is 0 Å². The van der Waals surface area contributed by atoms with E-state index >= 15 is 0 Å². The van der Waals surface area contributed by atoms with Gasteiger partial charge in [-0.2, -0.15) is 0 Å². The first-order valence-corrected chi connectivity index (χ1v) is 9.01. The highest BCUT2D eigenvalue weighted by Gasteiger charge is 2.23. The number of aromatic amines is 1. The predicted molar refractivity (Wildman–Crippen MR) is 109 cm³/mol. The fourth-order valence-electron chi connectivity index (χ4n) is 3.32. The van der Waals surface area contributed by atoms with Gasteiger partial charge in [0.25, 0.3) is 5.56 Å². The first-order chi connectivity index (χ1) is 12.8. The van der Waals surface area contributed by atoms with Crippen molar-refractivity contribution in [2.45, 2.75) is 33.1 Å². The molecule has 1 N–H and O–H groups in total. The second kappa shape index (κ2) is 6.23. The third kappa shape index (κ3) is 3.08. The van der Waals surface area contributed by atoms with Gasteiger partial charge >= 0.3 is 0 Å². The maximum atomic E-state index is 12.4. The second-order valence-electron chi connectivity index (χ2n) is 7.93. The van der Waals surface area contributed by atoms with Crippen molar-refractivity contribution in [1.82, 2.24) is 9.97 Å². The molecule has 4 aromatic rings. The molecule has 27 heavy (non-hydrogen) atoms. The lowest BCUT2D eigenvalue weighted by atomic mass is 9.84. The Morgan fingerprint density at radius 3 is 2.56 bits per heavy atom. The van der Waals surface area contributed by atoms with E-state index in [0.717, 1.165) is 38.9 Å². The molecule has 4 nitrogen and oxygen atoms in total. The Hall–Kier alpha value is -3.14. The number of rotatable bonds is 2. The zero-order chi connectivity index (χ0) is 19.2. The highest BCUT2D eigenvalue weighted by atomic mass is 16.3. The van der Waals surface area contributed by atoms with E-state index in [1.807, 2.05) is 43.5 Å². The summed E-state index contributed by atoms with van der Waals surface area (Å²) in [6.45, 7) is 8.45. The van der Waals surface area contributed by atoms with Crippen LogP contribution < -0.4 is 5.56 Å². The van der Waals surface area contributed by atoms with Crippen molar-refractivity contribution in [2.75, 3.05) is 0 Å². The number of hydrogen-bond acceptors (Lipinski definition) is 3. The Bertz CT molecular complexity index is 1180. The minimum absolute atomic E-state index is 0.102. The first-order valence-electron chi connectivity index (χ1n) is 9.01. The average molecular weight is 358 g/mol. The zero-order valence-corrected chi connectivity index (χ0v) is 16.0. The van der Waals surface area contributed by atoms with Crippen molar-refractivity contribution < 1.29 is 4.42 Å². The second-order valence-corrected chi connectivity index (χ2v) is 7.93. The lowest BCUT2D eigenvalue weighted by molar-refractivity contribution is 0.559. The molecule has 0 bridgehead atoms. The number of furan rings is 1. The normalized spacial score (nSPS) is 11.9. The van der Waals surface area contributed by atoms with Gasteiger partial charge in [0.2, 0.25) is 0 Å². The first kappa shape index (κ1) is 17.3. The molecule has 136 valence electrons. The molecule has 0 atom stereocenters. The molecule has 0 spiro atoms. The molecule has 4 heteroatoms. The molecule has 0 saturated carbocycles. The Kier molecular flexibility index (Phi) is 3.99. The summed E-state index contributed by atoms with van der Waals surface area (Å²) in [5.74, 6) is 0. The van der Waals surface area contributed by atoms with Gasteiger partial charge in [-0.3, -0.25) is 9.78 Å². The van der Waals surface area contributed by atoms with Crippen LogP contribution in [0.15, 0.2) is 64.3 Å². The number of benzene rings is 1.